The first-order chi connectivity index (χ1) is 13.4. The molecule has 0 unspecified atom stereocenters. The van der Waals surface area contributed by atoms with Crippen LogP contribution in [-0.2, 0) is 0 Å². The number of nitro benzene ring substituents is 1. The van der Waals surface area contributed by atoms with E-state index < -0.39 is 4.92 Å². The molecule has 0 saturated heterocycles. The molecular weight excluding hydrogens is 374 g/mol. The zero-order chi connectivity index (χ0) is 19.8. The van der Waals surface area contributed by atoms with Crippen molar-refractivity contribution in [3.8, 4) is 11.3 Å². The van der Waals surface area contributed by atoms with E-state index in [1.54, 1.807) is 6.07 Å². The third-order valence-electron chi connectivity index (χ3n) is 4.47. The van der Waals surface area contributed by atoms with Gasteiger partial charge >= 0.3 is 0 Å². The standard InChI is InChI=1S/C21H15N3O3S/c1-12-5-7-13(8-6-12)17-10-9-16-18(22)20(28-21(16)23-17)19(25)14-3-2-4-15(11-14)24(26)27/h2-11H,22H2,1H3. The molecule has 0 aliphatic rings. The molecule has 4 aromatic rings. The van der Waals surface area contributed by atoms with Gasteiger partial charge in [-0.2, -0.15) is 0 Å². The van der Waals surface area contributed by atoms with E-state index in [2.05, 4.69) is 4.98 Å². The zero-order valence-electron chi connectivity index (χ0n) is 14.9. The molecule has 0 atom stereocenters. The molecule has 0 aliphatic heterocycles. The maximum Gasteiger partial charge on any atom is 0.270 e. The van der Waals surface area contributed by atoms with E-state index in [9.17, 15) is 14.9 Å². The molecule has 0 aliphatic carbocycles. The van der Waals surface area contributed by atoms with E-state index >= 15 is 0 Å². The summed E-state index contributed by atoms with van der Waals surface area (Å²) in [7, 11) is 0. The van der Waals surface area contributed by atoms with E-state index in [4.69, 9.17) is 5.73 Å². The Bertz CT molecular complexity index is 1230. The van der Waals surface area contributed by atoms with Crippen molar-refractivity contribution in [2.75, 3.05) is 5.73 Å². The van der Waals surface area contributed by atoms with Gasteiger partial charge in [-0.05, 0) is 19.1 Å². The molecule has 0 spiro atoms. The molecule has 2 aromatic heterocycles. The number of nitro groups is 1. The second kappa shape index (κ2) is 6.86. The molecule has 6 nitrogen and oxygen atoms in total. The topological polar surface area (TPSA) is 99.1 Å². The predicted molar refractivity (Wildman–Crippen MR) is 111 cm³/mol. The third-order valence-corrected chi connectivity index (χ3v) is 5.58. The van der Waals surface area contributed by atoms with Crippen molar-refractivity contribution in [1.29, 1.82) is 0 Å². The molecule has 4 rings (SSSR count). The van der Waals surface area contributed by atoms with Gasteiger partial charge in [-0.25, -0.2) is 4.98 Å². The summed E-state index contributed by atoms with van der Waals surface area (Å²) in [5.41, 5.74) is 9.57. The number of aromatic nitrogens is 1. The van der Waals surface area contributed by atoms with Crippen molar-refractivity contribution in [2.45, 2.75) is 6.92 Å². The summed E-state index contributed by atoms with van der Waals surface area (Å²) < 4.78 is 0. The van der Waals surface area contributed by atoms with Crippen LogP contribution in [0.4, 0.5) is 11.4 Å². The lowest BCUT2D eigenvalue weighted by atomic mass is 10.1. The molecule has 2 aromatic carbocycles. The molecular formula is C21H15N3O3S. The lowest BCUT2D eigenvalue weighted by Crippen LogP contribution is -2.02. The summed E-state index contributed by atoms with van der Waals surface area (Å²) in [6, 6.07) is 17.4. The number of fused-ring (bicyclic) bond motifs is 1. The molecule has 0 amide bonds. The van der Waals surface area contributed by atoms with E-state index in [1.165, 1.54) is 29.5 Å². The summed E-state index contributed by atoms with van der Waals surface area (Å²) in [5, 5.41) is 11.7. The highest BCUT2D eigenvalue weighted by atomic mass is 32.1. The Morgan fingerprint density at radius 2 is 1.86 bits per heavy atom. The highest BCUT2D eigenvalue weighted by Gasteiger charge is 2.20. The van der Waals surface area contributed by atoms with Gasteiger partial charge in [0.1, 0.15) is 9.71 Å². The van der Waals surface area contributed by atoms with Crippen molar-refractivity contribution in [3.63, 3.8) is 0 Å². The van der Waals surface area contributed by atoms with Crippen molar-refractivity contribution in [3.05, 3.63) is 86.8 Å². The van der Waals surface area contributed by atoms with Crippen LogP contribution >= 0.6 is 11.3 Å². The van der Waals surface area contributed by atoms with Gasteiger partial charge in [0.15, 0.2) is 0 Å². The number of anilines is 1. The number of thiophene rings is 1. The van der Waals surface area contributed by atoms with Crippen LogP contribution in [0.1, 0.15) is 20.8 Å². The highest BCUT2D eigenvalue weighted by Crippen LogP contribution is 2.35. The van der Waals surface area contributed by atoms with Crippen molar-refractivity contribution in [2.24, 2.45) is 0 Å². The Hall–Kier alpha value is -3.58. The summed E-state index contributed by atoms with van der Waals surface area (Å²) in [6.45, 7) is 2.02. The van der Waals surface area contributed by atoms with E-state index in [-0.39, 0.29) is 17.0 Å². The average molecular weight is 389 g/mol. The largest absolute Gasteiger partial charge is 0.397 e. The lowest BCUT2D eigenvalue weighted by Gasteiger charge is -2.02. The van der Waals surface area contributed by atoms with Gasteiger partial charge in [-0.3, -0.25) is 14.9 Å². The van der Waals surface area contributed by atoms with E-state index in [0.717, 1.165) is 16.8 Å². The van der Waals surface area contributed by atoms with Crippen LogP contribution in [0.2, 0.25) is 0 Å². The number of ketones is 1. The van der Waals surface area contributed by atoms with Crippen LogP contribution in [-0.4, -0.2) is 15.7 Å². The van der Waals surface area contributed by atoms with Crippen LogP contribution in [0, 0.1) is 17.0 Å². The molecule has 0 saturated carbocycles. The van der Waals surface area contributed by atoms with Crippen LogP contribution in [0.25, 0.3) is 21.5 Å². The molecule has 2 heterocycles. The van der Waals surface area contributed by atoms with Crippen molar-refractivity contribution >= 4 is 38.7 Å². The molecule has 28 heavy (non-hydrogen) atoms. The van der Waals surface area contributed by atoms with Crippen LogP contribution in [0.3, 0.4) is 0 Å². The fourth-order valence-electron chi connectivity index (χ4n) is 2.94. The first-order valence-corrected chi connectivity index (χ1v) is 9.31. The first-order valence-electron chi connectivity index (χ1n) is 8.49. The van der Waals surface area contributed by atoms with E-state index in [1.807, 2.05) is 43.3 Å². The van der Waals surface area contributed by atoms with E-state index in [0.29, 0.717) is 20.8 Å². The molecule has 0 radical (unpaired) electrons. The number of carbonyl (C=O) groups excluding carboxylic acids is 1. The number of nitrogens with zero attached hydrogens (tertiary/aromatic N) is 2. The van der Waals surface area contributed by atoms with Crippen LogP contribution < -0.4 is 5.73 Å². The van der Waals surface area contributed by atoms with Gasteiger partial charge in [0.2, 0.25) is 5.78 Å². The van der Waals surface area contributed by atoms with Gasteiger partial charge in [0, 0.05) is 28.6 Å². The van der Waals surface area contributed by atoms with Gasteiger partial charge < -0.3 is 5.73 Å². The Kier molecular flexibility index (Phi) is 4.37. The van der Waals surface area contributed by atoms with Crippen LogP contribution in [0.15, 0.2) is 60.7 Å². The number of nitrogen functional groups attached to an aromatic ring is 1. The average Bonchev–Trinajstić information content (AvgIpc) is 3.04. The van der Waals surface area contributed by atoms with Crippen molar-refractivity contribution in [1.82, 2.24) is 4.98 Å². The molecule has 2 N–H and O–H groups in total. The normalized spacial score (nSPS) is 10.9. The number of nitrogens with two attached hydrogens (primary N) is 1. The second-order valence-electron chi connectivity index (χ2n) is 6.40. The van der Waals surface area contributed by atoms with Gasteiger partial charge in [-0.1, -0.05) is 42.0 Å². The zero-order valence-corrected chi connectivity index (χ0v) is 15.7. The van der Waals surface area contributed by atoms with Crippen molar-refractivity contribution < 1.29 is 9.72 Å². The molecule has 138 valence electrons. The summed E-state index contributed by atoms with van der Waals surface area (Å²) >= 11 is 1.20. The number of rotatable bonds is 4. The number of carbonyl (C=O) groups is 1. The van der Waals surface area contributed by atoms with Crippen LogP contribution in [0.5, 0.6) is 0 Å². The Morgan fingerprint density at radius 3 is 2.57 bits per heavy atom. The quantitative estimate of drug-likeness (QED) is 0.301. The van der Waals surface area contributed by atoms with Gasteiger partial charge in [0.05, 0.1) is 16.3 Å². The Balaban J connectivity index is 1.77. The maximum absolute atomic E-state index is 12.9. The molecule has 0 fully saturated rings. The fraction of sp³-hybridized carbons (Fsp3) is 0.0476. The number of non-ortho nitro benzene ring substituents is 1. The Labute approximate surface area is 164 Å². The van der Waals surface area contributed by atoms with Gasteiger partial charge in [-0.15, -0.1) is 11.3 Å². The minimum atomic E-state index is -0.527. The summed E-state index contributed by atoms with van der Waals surface area (Å²) in [5.74, 6) is -0.346. The predicted octanol–water partition coefficient (Wildman–Crippen LogP) is 4.99. The number of aryl methyl sites for hydroxylation is 1. The number of benzene rings is 2. The smallest absolute Gasteiger partial charge is 0.270 e. The molecule has 7 heteroatoms. The highest BCUT2D eigenvalue weighted by molar-refractivity contribution is 7.21. The number of pyridine rings is 1. The minimum absolute atomic E-state index is 0.134. The molecule has 0 bridgehead atoms. The Morgan fingerprint density at radius 1 is 1.11 bits per heavy atom. The second-order valence-corrected chi connectivity index (χ2v) is 7.40. The summed E-state index contributed by atoms with van der Waals surface area (Å²) in [6.07, 6.45) is 0. The number of hydrogen-bond donors (Lipinski definition) is 1. The third kappa shape index (κ3) is 3.12. The summed E-state index contributed by atoms with van der Waals surface area (Å²) in [4.78, 5) is 29.0. The maximum atomic E-state index is 12.9. The lowest BCUT2D eigenvalue weighted by molar-refractivity contribution is -0.384. The fourth-order valence-corrected chi connectivity index (χ4v) is 4.00. The van der Waals surface area contributed by atoms with Gasteiger partial charge in [0.25, 0.3) is 5.69 Å². The SMILES string of the molecule is Cc1ccc(-c2ccc3c(N)c(C(=O)c4cccc([N+](=O)[O-])c4)sc3n2)cc1. The number of hydrogen-bond acceptors (Lipinski definition) is 6. The monoisotopic (exact) mass is 389 g/mol. The first kappa shape index (κ1) is 17.8. The minimum Gasteiger partial charge on any atom is -0.397 e.